The number of amides is 1. The van der Waals surface area contributed by atoms with Gasteiger partial charge < -0.3 is 14.9 Å². The maximum absolute atomic E-state index is 13.1. The maximum Gasteiger partial charge on any atom is 0.438 e. The molecule has 1 heterocycles. The van der Waals surface area contributed by atoms with Crippen LogP contribution in [0.5, 0.6) is 11.5 Å². The number of carbonyl (C=O) groups is 1. The molecular formula is C13H13F3N2O4. The molecule has 0 unspecified atom stereocenters. The van der Waals surface area contributed by atoms with Gasteiger partial charge in [0.2, 0.25) is 0 Å². The summed E-state index contributed by atoms with van der Waals surface area (Å²) in [6, 6.07) is 3.28. The summed E-state index contributed by atoms with van der Waals surface area (Å²) in [5, 5.41) is 22.8. The van der Waals surface area contributed by atoms with Crippen LogP contribution in [0.25, 0.3) is 0 Å². The lowest BCUT2D eigenvalue weighted by molar-refractivity contribution is -0.297. The monoisotopic (exact) mass is 318 g/mol. The quantitative estimate of drug-likeness (QED) is 0.872. The molecule has 0 bridgehead atoms. The number of hydrogen-bond acceptors (Lipinski definition) is 5. The second kappa shape index (κ2) is 5.16. The van der Waals surface area contributed by atoms with Gasteiger partial charge in [-0.1, -0.05) is 0 Å². The summed E-state index contributed by atoms with van der Waals surface area (Å²) in [6.45, 7) is 1.28. The molecule has 1 aromatic rings. The molecule has 2 N–H and O–H groups in total. The summed E-state index contributed by atoms with van der Waals surface area (Å²) in [5.41, 5.74) is -3.63. The normalized spacial score (nSPS) is 21.7. The van der Waals surface area contributed by atoms with Crippen LogP contribution >= 0.6 is 0 Å². The highest BCUT2D eigenvalue weighted by molar-refractivity contribution is 5.98. The van der Waals surface area contributed by atoms with Crippen LogP contribution in [0.3, 0.4) is 0 Å². The van der Waals surface area contributed by atoms with Gasteiger partial charge in [-0.15, -0.1) is 0 Å². The Kier molecular flexibility index (Phi) is 3.78. The molecule has 6 nitrogen and oxygen atoms in total. The summed E-state index contributed by atoms with van der Waals surface area (Å²) in [7, 11) is 1.23. The highest BCUT2D eigenvalue weighted by atomic mass is 19.4. The Morgan fingerprint density at radius 2 is 2.09 bits per heavy atom. The largest absolute Gasteiger partial charge is 0.504 e. The fraction of sp³-hybridized carbons (Fsp3) is 0.385. The van der Waals surface area contributed by atoms with E-state index in [9.17, 15) is 28.2 Å². The molecule has 0 aromatic heterocycles. The molecule has 9 heteroatoms. The van der Waals surface area contributed by atoms with Crippen molar-refractivity contribution in [3.05, 3.63) is 23.8 Å². The van der Waals surface area contributed by atoms with Gasteiger partial charge in [0.1, 0.15) is 0 Å². The average molecular weight is 318 g/mol. The van der Waals surface area contributed by atoms with Crippen molar-refractivity contribution in [2.24, 2.45) is 5.10 Å². The van der Waals surface area contributed by atoms with Crippen LogP contribution in [0.2, 0.25) is 0 Å². The summed E-state index contributed by atoms with van der Waals surface area (Å²) in [5.74, 6) is -1.51. The van der Waals surface area contributed by atoms with Crippen LogP contribution in [-0.2, 0) is 0 Å². The van der Waals surface area contributed by atoms with E-state index in [-0.39, 0.29) is 27.8 Å². The molecule has 120 valence electrons. The van der Waals surface area contributed by atoms with Gasteiger partial charge in [0.05, 0.1) is 7.11 Å². The number of aliphatic hydroxyl groups is 1. The molecule has 1 aliphatic heterocycles. The van der Waals surface area contributed by atoms with Crippen LogP contribution in [-0.4, -0.2) is 45.9 Å². The number of rotatable bonds is 2. The zero-order valence-electron chi connectivity index (χ0n) is 11.7. The van der Waals surface area contributed by atoms with E-state index in [0.29, 0.717) is 0 Å². The van der Waals surface area contributed by atoms with Gasteiger partial charge in [0.15, 0.2) is 11.5 Å². The average Bonchev–Trinajstić information content (AvgIpc) is 2.74. The second-order valence-corrected chi connectivity index (χ2v) is 4.83. The first kappa shape index (κ1) is 16.1. The van der Waals surface area contributed by atoms with Crippen molar-refractivity contribution in [1.82, 2.24) is 5.01 Å². The highest BCUT2D eigenvalue weighted by Crippen LogP contribution is 2.41. The van der Waals surface area contributed by atoms with E-state index in [2.05, 4.69) is 5.10 Å². The molecule has 0 radical (unpaired) electrons. The molecule has 0 saturated carbocycles. The Bertz CT molecular complexity index is 645. The number of phenolic OH excluding ortho intramolecular Hbond substituents is 1. The van der Waals surface area contributed by atoms with E-state index in [1.165, 1.54) is 14.0 Å². The standard InChI is InChI=1S/C13H13F3N2O4/c1-7-6-12(21,13(14,15)16)18(17-7)11(20)8-3-4-9(19)10(5-8)22-2/h3-5,19,21H,6H2,1-2H3/t12-/m1/s1. The Hall–Kier alpha value is -2.29. The van der Waals surface area contributed by atoms with Crippen molar-refractivity contribution in [3.8, 4) is 11.5 Å². The Morgan fingerprint density at radius 3 is 2.64 bits per heavy atom. The number of phenols is 1. The molecule has 0 fully saturated rings. The van der Waals surface area contributed by atoms with Crippen LogP contribution in [0, 0.1) is 0 Å². The van der Waals surface area contributed by atoms with Crippen LogP contribution in [0.4, 0.5) is 13.2 Å². The van der Waals surface area contributed by atoms with Crippen molar-refractivity contribution in [2.45, 2.75) is 25.2 Å². The molecule has 22 heavy (non-hydrogen) atoms. The molecule has 1 amide bonds. The molecule has 1 atom stereocenters. The SMILES string of the molecule is COc1cc(C(=O)N2N=C(C)C[C@@]2(O)C(F)(F)F)ccc1O. The number of hydrogen-bond donors (Lipinski definition) is 2. The van der Waals surface area contributed by atoms with Crippen molar-refractivity contribution in [3.63, 3.8) is 0 Å². The summed E-state index contributed by atoms with van der Waals surface area (Å²) < 4.78 is 44.0. The van der Waals surface area contributed by atoms with E-state index in [1.807, 2.05) is 0 Å². The fourth-order valence-corrected chi connectivity index (χ4v) is 2.09. The van der Waals surface area contributed by atoms with Gasteiger partial charge >= 0.3 is 6.18 Å². The smallest absolute Gasteiger partial charge is 0.438 e. The van der Waals surface area contributed by atoms with Crippen molar-refractivity contribution < 1.29 is 32.9 Å². The third-order valence-electron chi connectivity index (χ3n) is 3.20. The van der Waals surface area contributed by atoms with E-state index in [0.717, 1.165) is 18.2 Å². The Morgan fingerprint density at radius 1 is 1.45 bits per heavy atom. The number of ether oxygens (including phenoxy) is 1. The minimum absolute atomic E-state index is 0.00809. The summed E-state index contributed by atoms with van der Waals surface area (Å²) >= 11 is 0. The van der Waals surface area contributed by atoms with E-state index >= 15 is 0 Å². The number of benzene rings is 1. The Labute approximate surface area is 123 Å². The van der Waals surface area contributed by atoms with Gasteiger partial charge in [-0.3, -0.25) is 4.79 Å². The first-order valence-corrected chi connectivity index (χ1v) is 6.15. The zero-order valence-corrected chi connectivity index (χ0v) is 11.7. The minimum atomic E-state index is -5.06. The van der Waals surface area contributed by atoms with Crippen molar-refractivity contribution in [2.75, 3.05) is 7.11 Å². The lowest BCUT2D eigenvalue weighted by Gasteiger charge is -2.32. The third kappa shape index (κ3) is 2.47. The fourth-order valence-electron chi connectivity index (χ4n) is 2.09. The van der Waals surface area contributed by atoms with Gasteiger partial charge in [-0.05, 0) is 25.1 Å². The molecule has 0 spiro atoms. The summed E-state index contributed by atoms with van der Waals surface area (Å²) in [4.78, 5) is 12.3. The number of alkyl halides is 3. The first-order chi connectivity index (χ1) is 10.1. The van der Waals surface area contributed by atoms with Crippen LogP contribution in [0.15, 0.2) is 23.3 Å². The maximum atomic E-state index is 13.1. The minimum Gasteiger partial charge on any atom is -0.504 e. The zero-order chi connectivity index (χ0) is 16.7. The topological polar surface area (TPSA) is 82.4 Å². The van der Waals surface area contributed by atoms with E-state index in [1.54, 1.807) is 0 Å². The molecule has 2 rings (SSSR count). The Balaban J connectivity index is 2.43. The third-order valence-corrected chi connectivity index (χ3v) is 3.20. The van der Waals surface area contributed by atoms with Gasteiger partial charge in [0, 0.05) is 17.7 Å². The molecule has 0 saturated heterocycles. The summed E-state index contributed by atoms with van der Waals surface area (Å²) in [6.07, 6.45) is -5.89. The number of halogens is 3. The van der Waals surface area contributed by atoms with Crippen LogP contribution in [0.1, 0.15) is 23.7 Å². The van der Waals surface area contributed by atoms with Gasteiger partial charge in [-0.25, -0.2) is 0 Å². The molecule has 1 aromatic carbocycles. The molecule has 1 aliphatic rings. The second-order valence-electron chi connectivity index (χ2n) is 4.83. The predicted octanol–water partition coefficient (Wildman–Crippen LogP) is 1.87. The lowest BCUT2D eigenvalue weighted by Crippen LogP contribution is -2.56. The van der Waals surface area contributed by atoms with Crippen LogP contribution < -0.4 is 4.74 Å². The predicted molar refractivity (Wildman–Crippen MR) is 69.6 cm³/mol. The number of aromatic hydroxyl groups is 1. The number of nitrogens with zero attached hydrogens (tertiary/aromatic N) is 2. The first-order valence-electron chi connectivity index (χ1n) is 6.15. The molecule has 0 aliphatic carbocycles. The highest BCUT2D eigenvalue weighted by Gasteiger charge is 2.62. The molecular weight excluding hydrogens is 305 g/mol. The number of hydrazone groups is 1. The number of methoxy groups -OCH3 is 1. The van der Waals surface area contributed by atoms with Crippen molar-refractivity contribution >= 4 is 11.6 Å². The van der Waals surface area contributed by atoms with Crippen molar-refractivity contribution in [1.29, 1.82) is 0 Å². The van der Waals surface area contributed by atoms with Gasteiger partial charge in [-0.2, -0.15) is 23.3 Å². The number of carbonyl (C=O) groups excluding carboxylic acids is 1. The van der Waals surface area contributed by atoms with E-state index < -0.39 is 24.2 Å². The lowest BCUT2D eigenvalue weighted by atomic mass is 10.1. The van der Waals surface area contributed by atoms with E-state index in [4.69, 9.17) is 4.74 Å². The van der Waals surface area contributed by atoms with Gasteiger partial charge in [0.25, 0.3) is 11.6 Å².